The maximum Gasteiger partial charge on any atom is 0.358 e. The number of hydrogen-bond donors (Lipinski definition) is 1. The van der Waals surface area contributed by atoms with Gasteiger partial charge in [-0.3, -0.25) is 4.98 Å². The number of methoxy groups -OCH3 is 1. The second-order valence-electron chi connectivity index (χ2n) is 3.82. The van der Waals surface area contributed by atoms with Crippen LogP contribution in [0.25, 0.3) is 0 Å². The van der Waals surface area contributed by atoms with Gasteiger partial charge >= 0.3 is 5.97 Å². The lowest BCUT2D eigenvalue weighted by Crippen LogP contribution is -2.07. The molecule has 0 aliphatic heterocycles. The van der Waals surface area contributed by atoms with E-state index in [0.29, 0.717) is 17.1 Å². The SMILES string of the molecule is COC(=O)c1cncc(Nc2cccc(F)c2C)n1. The molecule has 0 atom stereocenters. The van der Waals surface area contributed by atoms with Crippen LogP contribution in [0.15, 0.2) is 30.6 Å². The van der Waals surface area contributed by atoms with Gasteiger partial charge in [0, 0.05) is 11.3 Å². The number of hydrogen-bond acceptors (Lipinski definition) is 5. The van der Waals surface area contributed by atoms with Crippen molar-refractivity contribution in [3.63, 3.8) is 0 Å². The number of halogens is 1. The van der Waals surface area contributed by atoms with Gasteiger partial charge in [-0.1, -0.05) is 6.07 Å². The van der Waals surface area contributed by atoms with E-state index < -0.39 is 5.97 Å². The van der Waals surface area contributed by atoms with Crippen molar-refractivity contribution in [2.24, 2.45) is 0 Å². The highest BCUT2D eigenvalue weighted by Gasteiger charge is 2.09. The highest BCUT2D eigenvalue weighted by atomic mass is 19.1. The molecule has 0 aliphatic rings. The van der Waals surface area contributed by atoms with E-state index in [-0.39, 0.29) is 11.5 Å². The van der Waals surface area contributed by atoms with Gasteiger partial charge in [0.05, 0.1) is 19.5 Å². The third-order valence-corrected chi connectivity index (χ3v) is 2.56. The Morgan fingerprint density at radius 1 is 1.37 bits per heavy atom. The molecule has 5 nitrogen and oxygen atoms in total. The van der Waals surface area contributed by atoms with Gasteiger partial charge < -0.3 is 10.1 Å². The number of nitrogens with zero attached hydrogens (tertiary/aromatic N) is 2. The molecule has 0 spiro atoms. The summed E-state index contributed by atoms with van der Waals surface area (Å²) >= 11 is 0. The lowest BCUT2D eigenvalue weighted by atomic mass is 10.2. The Hall–Kier alpha value is -2.50. The molecular formula is C13H12FN3O2. The van der Waals surface area contributed by atoms with Gasteiger partial charge in [0.2, 0.25) is 0 Å². The van der Waals surface area contributed by atoms with Crippen molar-refractivity contribution >= 4 is 17.5 Å². The number of benzene rings is 1. The maximum atomic E-state index is 13.4. The molecule has 0 fully saturated rings. The Bertz CT molecular complexity index is 617. The first-order chi connectivity index (χ1) is 9.11. The van der Waals surface area contributed by atoms with Crippen molar-refractivity contribution in [2.75, 3.05) is 12.4 Å². The number of carbonyl (C=O) groups is 1. The van der Waals surface area contributed by atoms with E-state index in [0.717, 1.165) is 0 Å². The van der Waals surface area contributed by atoms with Crippen molar-refractivity contribution in [1.82, 2.24) is 9.97 Å². The molecule has 1 aromatic heterocycles. The Morgan fingerprint density at radius 3 is 2.89 bits per heavy atom. The third-order valence-electron chi connectivity index (χ3n) is 2.56. The van der Waals surface area contributed by atoms with Crippen molar-refractivity contribution in [3.05, 3.63) is 47.7 Å². The molecule has 1 heterocycles. The van der Waals surface area contributed by atoms with Gasteiger partial charge in [0.1, 0.15) is 11.6 Å². The first-order valence-corrected chi connectivity index (χ1v) is 5.54. The summed E-state index contributed by atoms with van der Waals surface area (Å²) in [4.78, 5) is 19.2. The standard InChI is InChI=1S/C13H12FN3O2/c1-8-9(14)4-3-5-10(8)16-12-7-15-6-11(17-12)13(18)19-2/h3-7H,1-2H3,(H,16,17). The van der Waals surface area contributed by atoms with Gasteiger partial charge in [-0.2, -0.15) is 0 Å². The van der Waals surface area contributed by atoms with Crippen LogP contribution in [0.3, 0.4) is 0 Å². The fourth-order valence-electron chi connectivity index (χ4n) is 1.51. The molecule has 1 N–H and O–H groups in total. The average Bonchev–Trinajstić information content (AvgIpc) is 2.43. The van der Waals surface area contributed by atoms with Gasteiger partial charge in [-0.25, -0.2) is 14.2 Å². The summed E-state index contributed by atoms with van der Waals surface area (Å²) in [6.07, 6.45) is 2.74. The Labute approximate surface area is 109 Å². The first kappa shape index (κ1) is 12.9. The summed E-state index contributed by atoms with van der Waals surface area (Å²) in [5.41, 5.74) is 1.12. The maximum absolute atomic E-state index is 13.4. The highest BCUT2D eigenvalue weighted by Crippen LogP contribution is 2.20. The van der Waals surface area contributed by atoms with Crippen LogP contribution in [0.5, 0.6) is 0 Å². The van der Waals surface area contributed by atoms with E-state index in [9.17, 15) is 9.18 Å². The topological polar surface area (TPSA) is 64.1 Å². The summed E-state index contributed by atoms with van der Waals surface area (Å²) in [6.45, 7) is 1.65. The zero-order valence-electron chi connectivity index (χ0n) is 10.5. The van der Waals surface area contributed by atoms with Crippen molar-refractivity contribution < 1.29 is 13.9 Å². The van der Waals surface area contributed by atoms with Crippen LogP contribution >= 0.6 is 0 Å². The summed E-state index contributed by atoms with van der Waals surface area (Å²) in [5, 5.41) is 2.91. The molecule has 0 radical (unpaired) electrons. The molecule has 0 saturated heterocycles. The minimum atomic E-state index is -0.577. The van der Waals surface area contributed by atoms with E-state index in [1.165, 1.54) is 25.6 Å². The van der Waals surface area contributed by atoms with Crippen LogP contribution in [0, 0.1) is 12.7 Å². The summed E-state index contributed by atoms with van der Waals surface area (Å²) in [5.74, 6) is -0.550. The lowest BCUT2D eigenvalue weighted by Gasteiger charge is -2.09. The van der Waals surface area contributed by atoms with Crippen LogP contribution < -0.4 is 5.32 Å². The average molecular weight is 261 g/mol. The molecule has 0 aliphatic carbocycles. The predicted octanol–water partition coefficient (Wildman–Crippen LogP) is 2.45. The largest absolute Gasteiger partial charge is 0.464 e. The van der Waals surface area contributed by atoms with E-state index in [4.69, 9.17) is 0 Å². The molecule has 2 rings (SSSR count). The number of aromatic nitrogens is 2. The fourth-order valence-corrected chi connectivity index (χ4v) is 1.51. The molecule has 1 aromatic carbocycles. The van der Waals surface area contributed by atoms with Crippen LogP contribution in [0.2, 0.25) is 0 Å². The smallest absolute Gasteiger partial charge is 0.358 e. The number of esters is 1. The molecule has 0 amide bonds. The minimum Gasteiger partial charge on any atom is -0.464 e. The van der Waals surface area contributed by atoms with Crippen LogP contribution in [0.4, 0.5) is 15.9 Å². The fraction of sp³-hybridized carbons (Fsp3) is 0.154. The Kier molecular flexibility index (Phi) is 3.70. The normalized spacial score (nSPS) is 10.1. The molecule has 0 bridgehead atoms. The van der Waals surface area contributed by atoms with Crippen LogP contribution in [-0.4, -0.2) is 23.0 Å². The van der Waals surface area contributed by atoms with E-state index in [2.05, 4.69) is 20.0 Å². The Balaban J connectivity index is 2.28. The second-order valence-corrected chi connectivity index (χ2v) is 3.82. The monoisotopic (exact) mass is 261 g/mol. The van der Waals surface area contributed by atoms with Gasteiger partial charge in [0.25, 0.3) is 0 Å². The summed E-state index contributed by atoms with van der Waals surface area (Å²) in [6, 6.07) is 4.67. The number of carbonyl (C=O) groups excluding carboxylic acids is 1. The van der Waals surface area contributed by atoms with Crippen molar-refractivity contribution in [2.45, 2.75) is 6.92 Å². The molecule has 19 heavy (non-hydrogen) atoms. The molecule has 0 unspecified atom stereocenters. The van der Waals surface area contributed by atoms with Gasteiger partial charge in [0.15, 0.2) is 5.69 Å². The summed E-state index contributed by atoms with van der Waals surface area (Å²) in [7, 11) is 1.26. The second kappa shape index (κ2) is 5.43. The molecule has 6 heteroatoms. The number of anilines is 2. The van der Waals surface area contributed by atoms with E-state index >= 15 is 0 Å². The van der Waals surface area contributed by atoms with Crippen molar-refractivity contribution in [3.8, 4) is 0 Å². The van der Waals surface area contributed by atoms with E-state index in [1.807, 2.05) is 0 Å². The molecule has 2 aromatic rings. The number of nitrogens with one attached hydrogen (secondary N) is 1. The summed E-state index contributed by atoms with van der Waals surface area (Å²) < 4.78 is 17.9. The van der Waals surface area contributed by atoms with Gasteiger partial charge in [-0.15, -0.1) is 0 Å². The van der Waals surface area contributed by atoms with Crippen LogP contribution in [0.1, 0.15) is 16.1 Å². The Morgan fingerprint density at radius 2 is 2.16 bits per heavy atom. The quantitative estimate of drug-likeness (QED) is 0.860. The van der Waals surface area contributed by atoms with Gasteiger partial charge in [-0.05, 0) is 19.1 Å². The lowest BCUT2D eigenvalue weighted by molar-refractivity contribution is 0.0593. The molecule has 98 valence electrons. The van der Waals surface area contributed by atoms with Crippen LogP contribution in [-0.2, 0) is 4.74 Å². The van der Waals surface area contributed by atoms with E-state index in [1.54, 1.807) is 19.1 Å². The molecular weight excluding hydrogens is 249 g/mol. The van der Waals surface area contributed by atoms with Crippen molar-refractivity contribution in [1.29, 1.82) is 0 Å². The molecule has 0 saturated carbocycles. The third kappa shape index (κ3) is 2.85. The minimum absolute atomic E-state index is 0.0848. The zero-order valence-corrected chi connectivity index (χ0v) is 10.5. The highest BCUT2D eigenvalue weighted by molar-refractivity contribution is 5.87. The first-order valence-electron chi connectivity index (χ1n) is 5.54. The zero-order chi connectivity index (χ0) is 13.8. The number of ether oxygens (including phenoxy) is 1. The number of rotatable bonds is 3. The predicted molar refractivity (Wildman–Crippen MR) is 67.8 cm³/mol.